The minimum atomic E-state index is -3.27. The Labute approximate surface area is 152 Å². The highest BCUT2D eigenvalue weighted by Crippen LogP contribution is 2.46. The van der Waals surface area contributed by atoms with E-state index in [1.54, 1.807) is 31.0 Å². The topological polar surface area (TPSA) is 63.4 Å². The van der Waals surface area contributed by atoms with Gasteiger partial charge in [0.25, 0.3) is 0 Å². The standard InChI is InChI=1S/C20H18N2O3S/c23-26(24)19-2-1-16(15-3-6-21-7-4-15)9-17(19)18-11-22(12-20(18)26)10-14-5-8-25-13-14/h1-9,13,18,20H,10-12H2/t18-,20+/m0/s1. The van der Waals surface area contributed by atoms with Crippen molar-refractivity contribution in [3.8, 4) is 11.1 Å². The zero-order valence-corrected chi connectivity index (χ0v) is 14.9. The molecule has 0 N–H and O–H groups in total. The van der Waals surface area contributed by atoms with Crippen LogP contribution in [0, 0.1) is 0 Å². The molecular formula is C20H18N2O3S. The first-order chi connectivity index (χ1) is 12.6. The van der Waals surface area contributed by atoms with Crippen LogP contribution in [0.25, 0.3) is 11.1 Å². The number of aromatic nitrogens is 1. The monoisotopic (exact) mass is 366 g/mol. The van der Waals surface area contributed by atoms with Crippen LogP contribution in [0.2, 0.25) is 0 Å². The fourth-order valence-corrected chi connectivity index (χ4v) is 6.41. The van der Waals surface area contributed by atoms with Crippen LogP contribution in [0.1, 0.15) is 17.0 Å². The summed E-state index contributed by atoms with van der Waals surface area (Å²) in [6, 6.07) is 11.5. The normalized spacial score (nSPS) is 23.7. The molecule has 1 fully saturated rings. The van der Waals surface area contributed by atoms with Crippen molar-refractivity contribution in [1.82, 2.24) is 9.88 Å². The van der Waals surface area contributed by atoms with E-state index in [1.807, 2.05) is 30.3 Å². The third-order valence-corrected chi connectivity index (χ3v) is 7.72. The molecule has 1 aromatic carbocycles. The van der Waals surface area contributed by atoms with Crippen LogP contribution in [0.5, 0.6) is 0 Å². The number of fused-ring (bicyclic) bond motifs is 3. The molecule has 26 heavy (non-hydrogen) atoms. The van der Waals surface area contributed by atoms with Crippen molar-refractivity contribution in [2.45, 2.75) is 22.6 Å². The van der Waals surface area contributed by atoms with Gasteiger partial charge in [-0.1, -0.05) is 6.07 Å². The molecule has 2 atom stereocenters. The van der Waals surface area contributed by atoms with E-state index in [0.717, 1.165) is 35.3 Å². The fourth-order valence-electron chi connectivity index (χ4n) is 4.22. The average molecular weight is 366 g/mol. The number of hydrogen-bond donors (Lipinski definition) is 0. The van der Waals surface area contributed by atoms with Crippen LogP contribution >= 0.6 is 0 Å². The van der Waals surface area contributed by atoms with E-state index in [1.165, 1.54) is 0 Å². The van der Waals surface area contributed by atoms with Crippen molar-refractivity contribution in [2.24, 2.45) is 0 Å². The van der Waals surface area contributed by atoms with Crippen LogP contribution < -0.4 is 0 Å². The molecule has 0 bridgehead atoms. The Hall–Kier alpha value is -2.44. The maximum absolute atomic E-state index is 13.0. The lowest BCUT2D eigenvalue weighted by atomic mass is 9.95. The lowest BCUT2D eigenvalue weighted by Crippen LogP contribution is -2.25. The summed E-state index contributed by atoms with van der Waals surface area (Å²) in [7, 11) is -3.27. The van der Waals surface area contributed by atoms with Crippen LogP contribution in [0.4, 0.5) is 0 Å². The number of furan rings is 1. The minimum absolute atomic E-state index is 0.0312. The molecule has 0 amide bonds. The highest BCUT2D eigenvalue weighted by atomic mass is 32.2. The van der Waals surface area contributed by atoms with Crippen molar-refractivity contribution in [1.29, 1.82) is 0 Å². The number of sulfone groups is 1. The average Bonchev–Trinajstić information content (AvgIpc) is 3.36. The van der Waals surface area contributed by atoms with Gasteiger partial charge in [0, 0.05) is 43.5 Å². The summed E-state index contributed by atoms with van der Waals surface area (Å²) in [4.78, 5) is 6.77. The summed E-state index contributed by atoms with van der Waals surface area (Å²) >= 11 is 0. The molecule has 5 nitrogen and oxygen atoms in total. The first kappa shape index (κ1) is 15.8. The molecule has 6 heteroatoms. The summed E-state index contributed by atoms with van der Waals surface area (Å²) in [6.07, 6.45) is 6.88. The van der Waals surface area contributed by atoms with Crippen LogP contribution in [-0.4, -0.2) is 36.6 Å². The van der Waals surface area contributed by atoms with Gasteiger partial charge in [0.2, 0.25) is 0 Å². The molecule has 5 rings (SSSR count). The Balaban J connectivity index is 1.51. The minimum Gasteiger partial charge on any atom is -0.472 e. The lowest BCUT2D eigenvalue weighted by molar-refractivity contribution is 0.324. The first-order valence-corrected chi connectivity index (χ1v) is 10.2. The molecule has 0 saturated carbocycles. The van der Waals surface area contributed by atoms with Gasteiger partial charge in [0.1, 0.15) is 0 Å². The molecule has 0 spiro atoms. The highest BCUT2D eigenvalue weighted by Gasteiger charge is 2.50. The Morgan fingerprint density at radius 2 is 1.92 bits per heavy atom. The molecule has 2 aliphatic heterocycles. The molecule has 0 radical (unpaired) electrons. The molecule has 0 unspecified atom stereocenters. The number of pyridine rings is 1. The van der Waals surface area contributed by atoms with E-state index in [0.29, 0.717) is 11.4 Å². The van der Waals surface area contributed by atoms with Gasteiger partial charge in [-0.2, -0.15) is 0 Å². The second-order valence-corrected chi connectivity index (χ2v) is 9.14. The van der Waals surface area contributed by atoms with E-state index >= 15 is 0 Å². The number of hydrogen-bond acceptors (Lipinski definition) is 5. The lowest BCUT2D eigenvalue weighted by Gasteiger charge is -2.16. The van der Waals surface area contributed by atoms with Crippen molar-refractivity contribution in [2.75, 3.05) is 13.1 Å². The van der Waals surface area contributed by atoms with Crippen molar-refractivity contribution in [3.63, 3.8) is 0 Å². The summed E-state index contributed by atoms with van der Waals surface area (Å²) in [5.74, 6) is 0.0312. The zero-order chi connectivity index (χ0) is 17.7. The van der Waals surface area contributed by atoms with Gasteiger partial charge in [-0.25, -0.2) is 8.42 Å². The Morgan fingerprint density at radius 1 is 1.08 bits per heavy atom. The van der Waals surface area contributed by atoms with Gasteiger partial charge >= 0.3 is 0 Å². The van der Waals surface area contributed by atoms with Crippen molar-refractivity contribution >= 4 is 9.84 Å². The van der Waals surface area contributed by atoms with Gasteiger partial charge < -0.3 is 4.42 Å². The zero-order valence-electron chi connectivity index (χ0n) is 14.1. The van der Waals surface area contributed by atoms with E-state index in [2.05, 4.69) is 9.88 Å². The maximum atomic E-state index is 13.0. The Bertz CT molecular complexity index is 1050. The third-order valence-electron chi connectivity index (χ3n) is 5.46. The second-order valence-electron chi connectivity index (χ2n) is 7.00. The van der Waals surface area contributed by atoms with Crippen molar-refractivity contribution < 1.29 is 12.8 Å². The molecule has 132 valence electrons. The van der Waals surface area contributed by atoms with Gasteiger partial charge in [-0.05, 0) is 47.0 Å². The van der Waals surface area contributed by atoms with Crippen LogP contribution in [0.3, 0.4) is 0 Å². The molecule has 0 aliphatic carbocycles. The number of likely N-dealkylation sites (tertiary alicyclic amines) is 1. The fraction of sp³-hybridized carbons (Fsp3) is 0.250. The molecular weight excluding hydrogens is 348 g/mol. The molecule has 3 aromatic rings. The van der Waals surface area contributed by atoms with E-state index in [4.69, 9.17) is 4.42 Å². The number of rotatable bonds is 3. The summed E-state index contributed by atoms with van der Waals surface area (Å²) in [6.45, 7) is 2.04. The van der Waals surface area contributed by atoms with Gasteiger partial charge in [-0.15, -0.1) is 0 Å². The van der Waals surface area contributed by atoms with Gasteiger partial charge in [-0.3, -0.25) is 9.88 Å². The smallest absolute Gasteiger partial charge is 0.183 e. The quantitative estimate of drug-likeness (QED) is 0.713. The third kappa shape index (κ3) is 2.40. The molecule has 2 aromatic heterocycles. The van der Waals surface area contributed by atoms with Gasteiger partial charge in [0.05, 0.1) is 22.7 Å². The largest absolute Gasteiger partial charge is 0.472 e. The highest BCUT2D eigenvalue weighted by molar-refractivity contribution is 7.92. The van der Waals surface area contributed by atoms with E-state index in [9.17, 15) is 8.42 Å². The van der Waals surface area contributed by atoms with Gasteiger partial charge in [0.15, 0.2) is 9.84 Å². The van der Waals surface area contributed by atoms with E-state index < -0.39 is 9.84 Å². The summed E-state index contributed by atoms with van der Waals surface area (Å²) < 4.78 is 31.1. The van der Waals surface area contributed by atoms with Crippen LogP contribution in [-0.2, 0) is 16.4 Å². The molecule has 1 saturated heterocycles. The Kier molecular flexibility index (Phi) is 3.52. The predicted octanol–water partition coefficient (Wildman–Crippen LogP) is 3.10. The first-order valence-electron chi connectivity index (χ1n) is 8.64. The Morgan fingerprint density at radius 3 is 2.69 bits per heavy atom. The van der Waals surface area contributed by atoms with Crippen molar-refractivity contribution in [3.05, 3.63) is 72.4 Å². The SMILES string of the molecule is O=S1(=O)c2ccc(-c3ccncc3)cc2[C@@H]2CN(Cc3ccoc3)C[C@H]21. The number of benzene rings is 1. The molecule has 4 heterocycles. The maximum Gasteiger partial charge on any atom is 0.183 e. The molecule has 2 aliphatic rings. The predicted molar refractivity (Wildman–Crippen MR) is 97.4 cm³/mol. The summed E-state index contributed by atoms with van der Waals surface area (Å²) in [5.41, 5.74) is 4.12. The number of nitrogens with zero attached hydrogens (tertiary/aromatic N) is 2. The second kappa shape index (κ2) is 5.79. The van der Waals surface area contributed by atoms with E-state index in [-0.39, 0.29) is 11.2 Å². The summed E-state index contributed by atoms with van der Waals surface area (Å²) in [5, 5.41) is -0.350. The van der Waals surface area contributed by atoms with Crippen LogP contribution in [0.15, 0.2) is 70.6 Å².